The van der Waals surface area contributed by atoms with E-state index >= 15 is 0 Å². The molecule has 2 aliphatic rings. The molecule has 0 saturated heterocycles. The molecule has 0 saturated carbocycles. The molecule has 0 fully saturated rings. The van der Waals surface area contributed by atoms with E-state index in [2.05, 4.69) is 126 Å². The summed E-state index contributed by atoms with van der Waals surface area (Å²) in [5, 5.41) is 2.61. The minimum Gasteiger partial charge on any atom is -0.194 e. The van der Waals surface area contributed by atoms with Gasteiger partial charge in [-0.1, -0.05) is 54.6 Å². The summed E-state index contributed by atoms with van der Waals surface area (Å²) in [6, 6.07) is 33.9. The van der Waals surface area contributed by atoms with Crippen LogP contribution in [0.2, 0.25) is 0 Å². The fraction of sp³-hybridized carbons (Fsp3) is 0.176. The second-order valence-corrected chi connectivity index (χ2v) is 10.3. The Balaban J connectivity index is 1.48. The van der Waals surface area contributed by atoms with Crippen LogP contribution >= 0.6 is 0 Å². The summed E-state index contributed by atoms with van der Waals surface area (Å²) >= 11 is 0. The van der Waals surface area contributed by atoms with Crippen LogP contribution in [0.25, 0.3) is 39.0 Å². The maximum Gasteiger partial charge on any atom is 0.220 e. The molecule has 0 amide bonds. The molecule has 2 aromatic heterocycles. The van der Waals surface area contributed by atoms with Crippen LogP contribution in [0.3, 0.4) is 0 Å². The highest BCUT2D eigenvalue weighted by Crippen LogP contribution is 2.45. The molecule has 5 aromatic rings. The maximum absolute atomic E-state index is 4.68. The molecule has 2 atom stereocenters. The zero-order valence-corrected chi connectivity index (χ0v) is 20.7. The van der Waals surface area contributed by atoms with Crippen molar-refractivity contribution in [1.29, 1.82) is 0 Å². The van der Waals surface area contributed by atoms with Crippen molar-refractivity contribution >= 4 is 16.5 Å². The van der Waals surface area contributed by atoms with E-state index in [1.54, 1.807) is 0 Å². The van der Waals surface area contributed by atoms with Crippen LogP contribution < -0.4 is 9.13 Å². The summed E-state index contributed by atoms with van der Waals surface area (Å²) < 4.78 is 4.91. The van der Waals surface area contributed by atoms with Gasteiger partial charge >= 0.3 is 0 Å². The van der Waals surface area contributed by atoms with Gasteiger partial charge in [-0.2, -0.15) is 9.13 Å². The Labute approximate surface area is 212 Å². The summed E-state index contributed by atoms with van der Waals surface area (Å²) in [7, 11) is 0. The third kappa shape index (κ3) is 3.25. The van der Waals surface area contributed by atoms with Crippen molar-refractivity contribution in [2.45, 2.75) is 38.1 Å². The summed E-state index contributed by atoms with van der Waals surface area (Å²) in [6.07, 6.45) is 7.64. The van der Waals surface area contributed by atoms with Crippen LogP contribution in [0.5, 0.6) is 0 Å². The number of fused-ring (bicyclic) bond motifs is 11. The van der Waals surface area contributed by atoms with Gasteiger partial charge in [-0.05, 0) is 67.1 Å². The SMILES string of the molecule is C=C1CC2C(CCc3ccccc3-c3ccc(C)c[n+]31)c1ccccc1-c1c3ccccc3cc[n+]12. The molecular weight excluding hydrogens is 436 g/mol. The third-order valence-electron chi connectivity index (χ3n) is 8.23. The molecular formula is C34H30N2+2. The highest BCUT2D eigenvalue weighted by molar-refractivity contribution is 5.94. The minimum absolute atomic E-state index is 0.304. The van der Waals surface area contributed by atoms with Gasteiger partial charge in [0.25, 0.3) is 0 Å². The first-order chi connectivity index (χ1) is 17.7. The zero-order valence-electron chi connectivity index (χ0n) is 20.7. The van der Waals surface area contributed by atoms with Crippen molar-refractivity contribution in [2.24, 2.45) is 0 Å². The van der Waals surface area contributed by atoms with Crippen LogP contribution in [0.1, 0.15) is 41.5 Å². The fourth-order valence-electron chi connectivity index (χ4n) is 6.55. The van der Waals surface area contributed by atoms with Crippen LogP contribution in [0.15, 0.2) is 110 Å². The van der Waals surface area contributed by atoms with E-state index in [4.69, 9.17) is 0 Å². The Hall–Kier alpha value is -4.04. The summed E-state index contributed by atoms with van der Waals surface area (Å²) in [5.41, 5.74) is 10.5. The quantitative estimate of drug-likeness (QED) is 0.213. The molecule has 0 radical (unpaired) electrons. The summed E-state index contributed by atoms with van der Waals surface area (Å²) in [4.78, 5) is 0. The lowest BCUT2D eigenvalue weighted by Crippen LogP contribution is -2.49. The standard InChI is InChI=1S/C34H30N2/c1-23-15-18-32-27-11-5-3-9-25(27)16-17-30-29-13-7-8-14-31(29)34-28-12-6-4-10-26(28)19-20-35(34)33(30)21-24(2)36(32)22-23/h3-15,18-20,22,30,33H,2,16-17,21H2,1H3/q+2. The normalized spacial score (nSPS) is 18.4. The van der Waals surface area contributed by atoms with E-state index < -0.39 is 0 Å². The molecule has 4 heterocycles. The van der Waals surface area contributed by atoms with Crippen molar-refractivity contribution < 1.29 is 9.13 Å². The van der Waals surface area contributed by atoms with Crippen molar-refractivity contribution in [3.63, 3.8) is 0 Å². The van der Waals surface area contributed by atoms with Gasteiger partial charge in [0, 0.05) is 29.2 Å². The molecule has 2 aliphatic heterocycles. The number of nitrogens with zero attached hydrogens (tertiary/aromatic N) is 2. The Kier molecular flexibility index (Phi) is 4.89. The topological polar surface area (TPSA) is 7.76 Å². The van der Waals surface area contributed by atoms with Crippen molar-refractivity contribution in [1.82, 2.24) is 0 Å². The lowest BCUT2D eigenvalue weighted by molar-refractivity contribution is -0.719. The number of benzene rings is 3. The average Bonchev–Trinajstić information content (AvgIpc) is 2.92. The van der Waals surface area contributed by atoms with Crippen LogP contribution in [-0.4, -0.2) is 0 Å². The van der Waals surface area contributed by atoms with E-state index in [1.165, 1.54) is 50.0 Å². The largest absolute Gasteiger partial charge is 0.220 e. The van der Waals surface area contributed by atoms with Crippen LogP contribution in [-0.2, 0) is 6.42 Å². The first-order valence-electron chi connectivity index (χ1n) is 13.0. The highest BCUT2D eigenvalue weighted by Gasteiger charge is 2.43. The van der Waals surface area contributed by atoms with Crippen LogP contribution in [0, 0.1) is 6.92 Å². The van der Waals surface area contributed by atoms with E-state index in [9.17, 15) is 0 Å². The van der Waals surface area contributed by atoms with Gasteiger partial charge in [0.2, 0.25) is 11.4 Å². The molecule has 0 aliphatic carbocycles. The third-order valence-corrected chi connectivity index (χ3v) is 8.23. The minimum atomic E-state index is 0.304. The molecule has 0 bridgehead atoms. The monoisotopic (exact) mass is 466 g/mol. The number of aryl methyl sites for hydroxylation is 2. The molecule has 0 N–H and O–H groups in total. The second kappa shape index (κ2) is 8.27. The number of hydrogen-bond donors (Lipinski definition) is 0. The molecule has 174 valence electrons. The maximum atomic E-state index is 4.68. The lowest BCUT2D eigenvalue weighted by atomic mass is 9.77. The smallest absolute Gasteiger partial charge is 0.194 e. The van der Waals surface area contributed by atoms with Gasteiger partial charge in [0.05, 0.1) is 17.4 Å². The number of aromatic nitrogens is 2. The van der Waals surface area contributed by atoms with Crippen molar-refractivity contribution in [3.8, 4) is 22.5 Å². The number of pyridine rings is 2. The highest BCUT2D eigenvalue weighted by atomic mass is 15.0. The zero-order chi connectivity index (χ0) is 24.2. The van der Waals surface area contributed by atoms with Gasteiger partial charge in [0.1, 0.15) is 0 Å². The van der Waals surface area contributed by atoms with Gasteiger partial charge < -0.3 is 0 Å². The Bertz CT molecular complexity index is 1660. The first-order valence-corrected chi connectivity index (χ1v) is 13.0. The molecule has 2 heteroatoms. The Morgan fingerprint density at radius 3 is 2.50 bits per heavy atom. The van der Waals surface area contributed by atoms with E-state index in [-0.39, 0.29) is 0 Å². The van der Waals surface area contributed by atoms with Crippen LogP contribution in [0.4, 0.5) is 0 Å². The Morgan fingerprint density at radius 2 is 1.58 bits per heavy atom. The first kappa shape index (κ1) is 21.3. The second-order valence-electron chi connectivity index (χ2n) is 10.3. The van der Waals surface area contributed by atoms with Crippen molar-refractivity contribution in [3.05, 3.63) is 127 Å². The molecule has 36 heavy (non-hydrogen) atoms. The van der Waals surface area contributed by atoms with Gasteiger partial charge in [0.15, 0.2) is 24.1 Å². The molecule has 2 unspecified atom stereocenters. The lowest BCUT2D eigenvalue weighted by Gasteiger charge is -2.31. The van der Waals surface area contributed by atoms with E-state index in [1.807, 2.05) is 0 Å². The number of rotatable bonds is 0. The van der Waals surface area contributed by atoms with Crippen molar-refractivity contribution in [2.75, 3.05) is 0 Å². The van der Waals surface area contributed by atoms with Gasteiger partial charge in [-0.3, -0.25) is 0 Å². The van der Waals surface area contributed by atoms with Gasteiger partial charge in [-0.15, -0.1) is 0 Å². The predicted octanol–water partition coefficient (Wildman–Crippen LogP) is 7.20. The summed E-state index contributed by atoms with van der Waals surface area (Å²) in [5.74, 6) is 0.414. The molecule has 3 aromatic carbocycles. The van der Waals surface area contributed by atoms with E-state index in [0.29, 0.717) is 12.0 Å². The number of hydrogen-bond acceptors (Lipinski definition) is 0. The Morgan fingerprint density at radius 1 is 0.806 bits per heavy atom. The fourth-order valence-corrected chi connectivity index (χ4v) is 6.55. The molecule has 0 spiro atoms. The predicted molar refractivity (Wildman–Crippen MR) is 146 cm³/mol. The van der Waals surface area contributed by atoms with Gasteiger partial charge in [-0.25, -0.2) is 0 Å². The molecule has 2 nitrogen and oxygen atoms in total. The number of allylic oxidation sites excluding steroid dienone is 1. The van der Waals surface area contributed by atoms with E-state index in [0.717, 1.165) is 25.0 Å². The summed E-state index contributed by atoms with van der Waals surface area (Å²) in [6.45, 7) is 6.84. The average molecular weight is 467 g/mol. The molecule has 7 rings (SSSR count).